The maximum atomic E-state index is 13.1. The summed E-state index contributed by atoms with van der Waals surface area (Å²) in [6, 6.07) is 13.8. The fourth-order valence-electron chi connectivity index (χ4n) is 4.28. The molecule has 2 heterocycles. The van der Waals surface area contributed by atoms with Gasteiger partial charge in [0.15, 0.2) is 0 Å². The highest BCUT2D eigenvalue weighted by Gasteiger charge is 2.35. The maximum absolute atomic E-state index is 13.1. The fourth-order valence-corrected chi connectivity index (χ4v) is 4.28. The molecule has 1 unspecified atom stereocenters. The molecule has 1 aliphatic rings. The van der Waals surface area contributed by atoms with Gasteiger partial charge in [-0.25, -0.2) is 4.79 Å². The molecule has 1 N–H and O–H groups in total. The van der Waals surface area contributed by atoms with E-state index in [2.05, 4.69) is 4.98 Å². The molecule has 1 aromatic heterocycles. The van der Waals surface area contributed by atoms with Crippen molar-refractivity contribution in [2.45, 2.75) is 19.4 Å². The van der Waals surface area contributed by atoms with Crippen LogP contribution in [0.4, 0.5) is 0 Å². The summed E-state index contributed by atoms with van der Waals surface area (Å²) < 4.78 is 4.79. The Morgan fingerprint density at radius 1 is 1.00 bits per heavy atom. The lowest BCUT2D eigenvalue weighted by Crippen LogP contribution is -2.57. The minimum absolute atomic E-state index is 0.0761. The van der Waals surface area contributed by atoms with E-state index in [1.54, 1.807) is 35.2 Å². The Morgan fingerprint density at radius 3 is 2.45 bits per heavy atom. The van der Waals surface area contributed by atoms with E-state index < -0.39 is 17.7 Å². The van der Waals surface area contributed by atoms with Crippen molar-refractivity contribution in [2.24, 2.45) is 0 Å². The minimum atomic E-state index is -0.652. The zero-order valence-corrected chi connectivity index (χ0v) is 18.5. The number of benzene rings is 2. The number of hydrogen-bond acceptors (Lipinski definition) is 5. The number of nitrogens with zero attached hydrogens (tertiary/aromatic N) is 2. The second-order valence-electron chi connectivity index (χ2n) is 7.93. The summed E-state index contributed by atoms with van der Waals surface area (Å²) in [7, 11) is 1.28. The number of hydrogen-bond donors (Lipinski definition) is 1. The van der Waals surface area contributed by atoms with Crippen molar-refractivity contribution in [3.05, 3.63) is 71.4 Å². The predicted molar refractivity (Wildman–Crippen MR) is 122 cm³/mol. The molecule has 170 valence electrons. The van der Waals surface area contributed by atoms with E-state index in [1.807, 2.05) is 25.1 Å². The number of methoxy groups -OCH3 is 1. The maximum Gasteiger partial charge on any atom is 0.339 e. The molecule has 0 aliphatic carbocycles. The van der Waals surface area contributed by atoms with Gasteiger partial charge in [-0.05, 0) is 24.6 Å². The van der Waals surface area contributed by atoms with Crippen LogP contribution >= 0.6 is 0 Å². The largest absolute Gasteiger partial charge is 0.465 e. The molecule has 0 radical (unpaired) electrons. The lowest BCUT2D eigenvalue weighted by atomic mass is 10.0. The van der Waals surface area contributed by atoms with Crippen LogP contribution in [0.15, 0.2) is 54.7 Å². The number of rotatable bonds is 5. The molecule has 2 aromatic carbocycles. The molecule has 3 aromatic rings. The van der Waals surface area contributed by atoms with Gasteiger partial charge in [0, 0.05) is 42.8 Å². The molecule has 33 heavy (non-hydrogen) atoms. The molecule has 8 heteroatoms. The molecule has 8 nitrogen and oxygen atoms in total. The summed E-state index contributed by atoms with van der Waals surface area (Å²) in [5.41, 5.74) is 1.55. The van der Waals surface area contributed by atoms with E-state index >= 15 is 0 Å². The van der Waals surface area contributed by atoms with Crippen LogP contribution in [0.5, 0.6) is 0 Å². The first-order chi connectivity index (χ1) is 16.0. The number of Topliss-reactive ketones (excluding diaryl/α,β-unsaturated/α-hetero) is 1. The number of aromatic nitrogens is 1. The molecule has 1 aliphatic heterocycles. The van der Waals surface area contributed by atoms with Gasteiger partial charge in [0.05, 0.1) is 23.8 Å². The van der Waals surface area contributed by atoms with Crippen molar-refractivity contribution in [1.29, 1.82) is 0 Å². The summed E-state index contributed by atoms with van der Waals surface area (Å²) in [4.78, 5) is 57.3. The van der Waals surface area contributed by atoms with Gasteiger partial charge in [0.25, 0.3) is 17.6 Å². The summed E-state index contributed by atoms with van der Waals surface area (Å²) in [5.74, 6) is -1.88. The van der Waals surface area contributed by atoms with Crippen LogP contribution in [-0.2, 0) is 9.53 Å². The second kappa shape index (κ2) is 9.28. The third-order valence-electron chi connectivity index (χ3n) is 6.08. The number of carbonyl (C=O) groups excluding carboxylic acids is 4. The molecule has 1 fully saturated rings. The third kappa shape index (κ3) is 4.11. The van der Waals surface area contributed by atoms with Gasteiger partial charge in [0.2, 0.25) is 0 Å². The number of amides is 2. The Kier molecular flexibility index (Phi) is 6.26. The fraction of sp³-hybridized carbons (Fsp3) is 0.280. The van der Waals surface area contributed by atoms with Crippen LogP contribution in [-0.4, -0.2) is 71.1 Å². The Morgan fingerprint density at radius 2 is 1.76 bits per heavy atom. The molecule has 1 atom stereocenters. The van der Waals surface area contributed by atoms with Crippen molar-refractivity contribution >= 4 is 34.5 Å². The lowest BCUT2D eigenvalue weighted by molar-refractivity contribution is -0.129. The van der Waals surface area contributed by atoms with Gasteiger partial charge in [-0.3, -0.25) is 14.4 Å². The number of nitrogens with one attached hydrogen (secondary N) is 1. The standard InChI is InChI=1S/C25H25N3O5/c1-3-17-15-27(12-13-28(17)23(30)16-8-5-4-6-9-16)24(31)22(29)20-14-26-21-18(20)10-7-11-19(21)25(32)33-2/h4-11,14,17,26H,3,12-13,15H2,1-2H3. The Hall–Kier alpha value is -3.94. The minimum Gasteiger partial charge on any atom is -0.465 e. The first-order valence-electron chi connectivity index (χ1n) is 10.8. The number of esters is 1. The number of piperazine rings is 1. The van der Waals surface area contributed by atoms with Crippen LogP contribution in [0.1, 0.15) is 44.4 Å². The van der Waals surface area contributed by atoms with Crippen LogP contribution < -0.4 is 0 Å². The van der Waals surface area contributed by atoms with Crippen molar-refractivity contribution in [1.82, 2.24) is 14.8 Å². The lowest BCUT2D eigenvalue weighted by Gasteiger charge is -2.41. The first kappa shape index (κ1) is 22.3. The number of para-hydroxylation sites is 1. The van der Waals surface area contributed by atoms with Gasteiger partial charge in [-0.15, -0.1) is 0 Å². The number of carbonyl (C=O) groups is 4. The molecular weight excluding hydrogens is 422 g/mol. The third-order valence-corrected chi connectivity index (χ3v) is 6.08. The smallest absolute Gasteiger partial charge is 0.339 e. The predicted octanol–water partition coefficient (Wildman–Crippen LogP) is 2.90. The Labute approximate surface area is 191 Å². The molecule has 4 rings (SSSR count). The van der Waals surface area contributed by atoms with Gasteiger partial charge >= 0.3 is 5.97 Å². The van der Waals surface area contributed by atoms with Crippen molar-refractivity contribution in [2.75, 3.05) is 26.7 Å². The van der Waals surface area contributed by atoms with Crippen molar-refractivity contribution in [3.63, 3.8) is 0 Å². The summed E-state index contributed by atoms with van der Waals surface area (Å²) in [6.45, 7) is 2.87. The average molecular weight is 447 g/mol. The number of H-pyrrole nitrogens is 1. The summed E-state index contributed by atoms with van der Waals surface area (Å²) in [5, 5.41) is 0.487. The zero-order valence-electron chi connectivity index (χ0n) is 18.5. The SMILES string of the molecule is CCC1CN(C(=O)C(=O)c2c[nH]c3c(C(=O)OC)cccc23)CCN1C(=O)c1ccccc1. The van der Waals surface area contributed by atoms with E-state index in [9.17, 15) is 19.2 Å². The van der Waals surface area contributed by atoms with E-state index in [0.717, 1.165) is 0 Å². The van der Waals surface area contributed by atoms with Gasteiger partial charge < -0.3 is 19.5 Å². The van der Waals surface area contributed by atoms with E-state index in [1.165, 1.54) is 18.2 Å². The summed E-state index contributed by atoms with van der Waals surface area (Å²) >= 11 is 0. The van der Waals surface area contributed by atoms with Crippen LogP contribution in [0.3, 0.4) is 0 Å². The van der Waals surface area contributed by atoms with Crippen LogP contribution in [0.2, 0.25) is 0 Å². The molecule has 1 saturated heterocycles. The number of aromatic amines is 1. The monoisotopic (exact) mass is 447 g/mol. The van der Waals surface area contributed by atoms with E-state index in [-0.39, 0.29) is 30.6 Å². The molecule has 0 saturated carbocycles. The summed E-state index contributed by atoms with van der Waals surface area (Å²) in [6.07, 6.45) is 2.11. The van der Waals surface area contributed by atoms with Crippen molar-refractivity contribution in [3.8, 4) is 0 Å². The number of fused-ring (bicyclic) bond motifs is 1. The second-order valence-corrected chi connectivity index (χ2v) is 7.93. The topological polar surface area (TPSA) is 99.8 Å². The van der Waals surface area contributed by atoms with E-state index in [0.29, 0.717) is 35.0 Å². The van der Waals surface area contributed by atoms with Crippen LogP contribution in [0, 0.1) is 0 Å². The van der Waals surface area contributed by atoms with Gasteiger partial charge in [-0.2, -0.15) is 0 Å². The number of ether oxygens (including phenoxy) is 1. The van der Waals surface area contributed by atoms with Gasteiger partial charge in [0.1, 0.15) is 0 Å². The van der Waals surface area contributed by atoms with E-state index in [4.69, 9.17) is 4.74 Å². The normalized spacial score (nSPS) is 16.0. The average Bonchev–Trinajstić information content (AvgIpc) is 3.31. The Balaban J connectivity index is 1.53. The van der Waals surface area contributed by atoms with Crippen molar-refractivity contribution < 1.29 is 23.9 Å². The molecule has 2 amide bonds. The highest BCUT2D eigenvalue weighted by atomic mass is 16.5. The van der Waals surface area contributed by atoms with Crippen LogP contribution in [0.25, 0.3) is 10.9 Å². The molecule has 0 spiro atoms. The zero-order chi connectivity index (χ0) is 23.5. The Bertz CT molecular complexity index is 1220. The van der Waals surface area contributed by atoms with Gasteiger partial charge in [-0.1, -0.05) is 37.3 Å². The quantitative estimate of drug-likeness (QED) is 0.368. The first-order valence-corrected chi connectivity index (χ1v) is 10.8. The highest BCUT2D eigenvalue weighted by Crippen LogP contribution is 2.24. The molecule has 0 bridgehead atoms. The number of ketones is 1. The molecular formula is C25H25N3O5. The highest BCUT2D eigenvalue weighted by molar-refractivity contribution is 6.45.